The maximum Gasteiger partial charge on any atom is 0.308 e. The molecule has 1 aromatic heterocycles. The standard InChI is InChI=1S/C14H20N2O4S/c1-10-9-21-14(20)16(10)7-3-5-12(17)15-6-2-4-11(8-15)13(18)19/h9,11H,2-8H2,1H3,(H,18,19)/t11-/m1/s1. The lowest BCUT2D eigenvalue weighted by atomic mass is 9.98. The Morgan fingerprint density at radius 3 is 2.86 bits per heavy atom. The summed E-state index contributed by atoms with van der Waals surface area (Å²) in [5.41, 5.74) is 0.918. The summed E-state index contributed by atoms with van der Waals surface area (Å²) in [5, 5.41) is 10.8. The van der Waals surface area contributed by atoms with E-state index in [1.54, 1.807) is 9.47 Å². The fourth-order valence-electron chi connectivity index (χ4n) is 2.63. The second-order valence-electron chi connectivity index (χ2n) is 5.42. The van der Waals surface area contributed by atoms with Gasteiger partial charge in [0.15, 0.2) is 0 Å². The number of aliphatic carboxylic acids is 1. The summed E-state index contributed by atoms with van der Waals surface area (Å²) in [6, 6.07) is 0. The number of carboxylic acids is 1. The Bertz CT molecular complexity index is 578. The molecule has 1 aromatic rings. The predicted molar refractivity (Wildman–Crippen MR) is 79.5 cm³/mol. The van der Waals surface area contributed by atoms with E-state index >= 15 is 0 Å². The average molecular weight is 312 g/mol. The first-order valence-corrected chi connectivity index (χ1v) is 8.02. The van der Waals surface area contributed by atoms with Crippen molar-refractivity contribution >= 4 is 23.2 Å². The molecule has 0 unspecified atom stereocenters. The molecular weight excluding hydrogens is 292 g/mol. The maximum absolute atomic E-state index is 12.1. The third-order valence-electron chi connectivity index (χ3n) is 3.87. The Kier molecular flexibility index (Phi) is 5.17. The van der Waals surface area contributed by atoms with E-state index in [1.165, 1.54) is 11.3 Å². The minimum Gasteiger partial charge on any atom is -0.481 e. The van der Waals surface area contributed by atoms with Crippen LogP contribution in [-0.4, -0.2) is 39.5 Å². The van der Waals surface area contributed by atoms with Gasteiger partial charge in [-0.2, -0.15) is 0 Å². The first kappa shape index (κ1) is 15.8. The van der Waals surface area contributed by atoms with Gasteiger partial charge in [-0.1, -0.05) is 11.3 Å². The molecule has 116 valence electrons. The quantitative estimate of drug-likeness (QED) is 0.889. The lowest BCUT2D eigenvalue weighted by Gasteiger charge is -2.30. The lowest BCUT2D eigenvalue weighted by Crippen LogP contribution is -2.42. The third-order valence-corrected chi connectivity index (χ3v) is 4.75. The molecule has 7 heteroatoms. The Morgan fingerprint density at radius 1 is 1.48 bits per heavy atom. The van der Waals surface area contributed by atoms with Gasteiger partial charge in [0.1, 0.15) is 0 Å². The van der Waals surface area contributed by atoms with E-state index in [4.69, 9.17) is 5.11 Å². The molecule has 1 N–H and O–H groups in total. The molecule has 21 heavy (non-hydrogen) atoms. The van der Waals surface area contributed by atoms with Gasteiger partial charge >= 0.3 is 10.8 Å². The van der Waals surface area contributed by atoms with Crippen molar-refractivity contribution < 1.29 is 14.7 Å². The van der Waals surface area contributed by atoms with Gasteiger partial charge in [0.25, 0.3) is 0 Å². The van der Waals surface area contributed by atoms with E-state index in [9.17, 15) is 14.4 Å². The molecule has 0 bridgehead atoms. The van der Waals surface area contributed by atoms with E-state index in [-0.39, 0.29) is 10.8 Å². The van der Waals surface area contributed by atoms with Crippen LogP contribution in [0.3, 0.4) is 0 Å². The summed E-state index contributed by atoms with van der Waals surface area (Å²) in [6.07, 6.45) is 2.34. The molecule has 1 amide bonds. The van der Waals surface area contributed by atoms with Gasteiger partial charge in [-0.15, -0.1) is 0 Å². The molecule has 0 radical (unpaired) electrons. The van der Waals surface area contributed by atoms with Crippen molar-refractivity contribution in [2.75, 3.05) is 13.1 Å². The maximum atomic E-state index is 12.1. The molecule has 2 heterocycles. The van der Waals surface area contributed by atoms with E-state index in [1.807, 2.05) is 12.3 Å². The van der Waals surface area contributed by atoms with Crippen LogP contribution in [0.1, 0.15) is 31.4 Å². The number of aromatic nitrogens is 1. The van der Waals surface area contributed by atoms with Crippen molar-refractivity contribution in [1.29, 1.82) is 0 Å². The normalized spacial score (nSPS) is 18.7. The summed E-state index contributed by atoms with van der Waals surface area (Å²) in [4.78, 5) is 36.3. The van der Waals surface area contributed by atoms with Crippen molar-refractivity contribution in [2.45, 2.75) is 39.2 Å². The first-order chi connectivity index (χ1) is 9.99. The Labute approximate surface area is 127 Å². The van der Waals surface area contributed by atoms with Gasteiger partial charge in [0, 0.05) is 37.1 Å². The Hall–Kier alpha value is -1.63. The molecule has 1 aliphatic heterocycles. The zero-order valence-corrected chi connectivity index (χ0v) is 12.9. The monoisotopic (exact) mass is 312 g/mol. The van der Waals surface area contributed by atoms with Gasteiger partial charge in [-0.25, -0.2) is 0 Å². The number of aryl methyl sites for hydroxylation is 1. The summed E-state index contributed by atoms with van der Waals surface area (Å²) in [6.45, 7) is 3.36. The smallest absolute Gasteiger partial charge is 0.308 e. The highest BCUT2D eigenvalue weighted by Gasteiger charge is 2.27. The van der Waals surface area contributed by atoms with Crippen LogP contribution in [0.5, 0.6) is 0 Å². The lowest BCUT2D eigenvalue weighted by molar-refractivity contribution is -0.145. The van der Waals surface area contributed by atoms with Crippen molar-refractivity contribution in [1.82, 2.24) is 9.47 Å². The van der Waals surface area contributed by atoms with Crippen LogP contribution in [0.15, 0.2) is 10.2 Å². The fourth-order valence-corrected chi connectivity index (χ4v) is 3.39. The number of amides is 1. The number of nitrogens with zero attached hydrogens (tertiary/aromatic N) is 2. The molecule has 2 rings (SSSR count). The van der Waals surface area contributed by atoms with Gasteiger partial charge in [-0.05, 0) is 26.2 Å². The number of thiazole rings is 1. The van der Waals surface area contributed by atoms with E-state index in [0.717, 1.165) is 12.1 Å². The van der Waals surface area contributed by atoms with Gasteiger partial charge < -0.3 is 14.6 Å². The molecule has 0 spiro atoms. The van der Waals surface area contributed by atoms with Crippen LogP contribution in [0.4, 0.5) is 0 Å². The summed E-state index contributed by atoms with van der Waals surface area (Å²) >= 11 is 1.17. The summed E-state index contributed by atoms with van der Waals surface area (Å²) in [5.74, 6) is -1.28. The number of carboxylic acid groups (broad SMARTS) is 1. The van der Waals surface area contributed by atoms with Crippen LogP contribution in [0, 0.1) is 12.8 Å². The predicted octanol–water partition coefficient (Wildman–Crippen LogP) is 1.32. The minimum absolute atomic E-state index is 0.00358. The highest BCUT2D eigenvalue weighted by molar-refractivity contribution is 7.07. The van der Waals surface area contributed by atoms with Gasteiger partial charge in [0.2, 0.25) is 5.91 Å². The first-order valence-electron chi connectivity index (χ1n) is 7.14. The molecule has 0 saturated carbocycles. The van der Waals surface area contributed by atoms with Crippen LogP contribution in [0.2, 0.25) is 0 Å². The van der Waals surface area contributed by atoms with Crippen molar-refractivity contribution in [3.05, 3.63) is 20.7 Å². The zero-order valence-electron chi connectivity index (χ0n) is 12.1. The number of carbonyl (C=O) groups is 2. The summed E-state index contributed by atoms with van der Waals surface area (Å²) in [7, 11) is 0. The molecule has 1 saturated heterocycles. The van der Waals surface area contributed by atoms with Gasteiger partial charge in [-0.3, -0.25) is 14.4 Å². The van der Waals surface area contributed by atoms with Crippen LogP contribution >= 0.6 is 11.3 Å². The fraction of sp³-hybridized carbons (Fsp3) is 0.643. The summed E-state index contributed by atoms with van der Waals surface area (Å²) < 4.78 is 1.67. The number of piperidine rings is 1. The van der Waals surface area contributed by atoms with Crippen LogP contribution in [-0.2, 0) is 16.1 Å². The Balaban J connectivity index is 1.82. The molecular formula is C14H20N2O4S. The molecule has 6 nitrogen and oxygen atoms in total. The second-order valence-corrected chi connectivity index (χ2v) is 6.24. The number of likely N-dealkylation sites (tertiary alicyclic amines) is 1. The largest absolute Gasteiger partial charge is 0.481 e. The average Bonchev–Trinajstić information content (AvgIpc) is 2.79. The number of carbonyl (C=O) groups excluding carboxylic acids is 1. The molecule has 0 aromatic carbocycles. The van der Waals surface area contributed by atoms with E-state index in [2.05, 4.69) is 0 Å². The van der Waals surface area contributed by atoms with Crippen molar-refractivity contribution in [3.8, 4) is 0 Å². The second kappa shape index (κ2) is 6.89. The van der Waals surface area contributed by atoms with Gasteiger partial charge in [0.05, 0.1) is 5.92 Å². The third kappa shape index (κ3) is 3.93. The van der Waals surface area contributed by atoms with E-state index < -0.39 is 11.9 Å². The van der Waals surface area contributed by atoms with E-state index in [0.29, 0.717) is 38.9 Å². The van der Waals surface area contributed by atoms with Crippen LogP contribution < -0.4 is 4.87 Å². The highest BCUT2D eigenvalue weighted by atomic mass is 32.1. The SMILES string of the molecule is Cc1csc(=O)n1CCCC(=O)N1CCC[C@@H](C(=O)O)C1. The number of hydrogen-bond acceptors (Lipinski definition) is 4. The topological polar surface area (TPSA) is 79.6 Å². The Morgan fingerprint density at radius 2 is 2.24 bits per heavy atom. The number of hydrogen-bond donors (Lipinski definition) is 1. The van der Waals surface area contributed by atoms with Crippen molar-refractivity contribution in [3.63, 3.8) is 0 Å². The van der Waals surface area contributed by atoms with Crippen molar-refractivity contribution in [2.24, 2.45) is 5.92 Å². The molecule has 1 fully saturated rings. The molecule has 0 aliphatic carbocycles. The zero-order chi connectivity index (χ0) is 15.4. The molecule has 1 aliphatic rings. The molecule has 1 atom stereocenters. The minimum atomic E-state index is -0.826. The van der Waals surface area contributed by atoms with Crippen LogP contribution in [0.25, 0.3) is 0 Å². The number of rotatable bonds is 5. The highest BCUT2D eigenvalue weighted by Crippen LogP contribution is 2.17.